The standard InChI is InChI=1S/C21H30N4O3/c1-15(26)22-19-6-4-18(5-7-19)13-24-10-8-21(9-11-24)12-20(23-16(2)27)14-25(21)17(3)28/h4-7,20H,8-14H2,1-3H3,(H,22,26)(H,23,27). The summed E-state index contributed by atoms with van der Waals surface area (Å²) in [6.45, 7) is 7.96. The summed E-state index contributed by atoms with van der Waals surface area (Å²) in [6, 6.07) is 7.98. The number of piperidine rings is 1. The lowest BCUT2D eigenvalue weighted by Gasteiger charge is -2.44. The van der Waals surface area contributed by atoms with Gasteiger partial charge in [0.2, 0.25) is 17.7 Å². The normalized spacial score (nSPS) is 21.5. The SMILES string of the molecule is CC(=O)Nc1ccc(CN2CCC3(CC2)CC(NC(C)=O)CN3C(C)=O)cc1. The summed E-state index contributed by atoms with van der Waals surface area (Å²) in [5.74, 6) is -0.0150. The Morgan fingerprint density at radius 2 is 1.68 bits per heavy atom. The van der Waals surface area contributed by atoms with Crippen molar-refractivity contribution in [3.63, 3.8) is 0 Å². The third kappa shape index (κ3) is 4.70. The summed E-state index contributed by atoms with van der Waals surface area (Å²) in [5, 5.41) is 5.77. The fourth-order valence-corrected chi connectivity index (χ4v) is 4.65. The average molecular weight is 386 g/mol. The first kappa shape index (κ1) is 20.3. The van der Waals surface area contributed by atoms with Crippen molar-refractivity contribution in [2.75, 3.05) is 25.0 Å². The number of rotatable bonds is 4. The number of amides is 3. The Morgan fingerprint density at radius 3 is 2.21 bits per heavy atom. The second-order valence-electron chi connectivity index (χ2n) is 8.11. The first-order valence-corrected chi connectivity index (χ1v) is 9.92. The zero-order chi connectivity index (χ0) is 20.3. The van der Waals surface area contributed by atoms with Crippen molar-refractivity contribution >= 4 is 23.4 Å². The van der Waals surface area contributed by atoms with Crippen LogP contribution in [0.25, 0.3) is 0 Å². The quantitative estimate of drug-likeness (QED) is 0.826. The molecule has 0 aromatic heterocycles. The lowest BCUT2D eigenvalue weighted by molar-refractivity contribution is -0.134. The van der Waals surface area contributed by atoms with Gasteiger partial charge in [0, 0.05) is 64.2 Å². The molecule has 7 heteroatoms. The van der Waals surface area contributed by atoms with Crippen molar-refractivity contribution in [2.45, 2.75) is 58.2 Å². The van der Waals surface area contributed by atoms with Crippen molar-refractivity contribution in [1.29, 1.82) is 0 Å². The molecule has 1 aromatic carbocycles. The molecule has 2 saturated heterocycles. The van der Waals surface area contributed by atoms with Gasteiger partial charge in [-0.05, 0) is 37.0 Å². The molecule has 0 aliphatic carbocycles. The van der Waals surface area contributed by atoms with Crippen LogP contribution in [0.3, 0.4) is 0 Å². The van der Waals surface area contributed by atoms with E-state index < -0.39 is 0 Å². The Labute approximate surface area is 166 Å². The molecule has 2 N–H and O–H groups in total. The van der Waals surface area contributed by atoms with Gasteiger partial charge in [0.15, 0.2) is 0 Å². The largest absolute Gasteiger partial charge is 0.352 e. The fraction of sp³-hybridized carbons (Fsp3) is 0.571. The number of likely N-dealkylation sites (tertiary alicyclic amines) is 2. The Morgan fingerprint density at radius 1 is 1.04 bits per heavy atom. The molecule has 152 valence electrons. The van der Waals surface area contributed by atoms with Gasteiger partial charge in [0.25, 0.3) is 0 Å². The second kappa shape index (κ2) is 8.31. The zero-order valence-corrected chi connectivity index (χ0v) is 17.0. The van der Waals surface area contributed by atoms with Crippen LogP contribution >= 0.6 is 0 Å². The molecular formula is C21H30N4O3. The van der Waals surface area contributed by atoms with E-state index in [-0.39, 0.29) is 29.3 Å². The summed E-state index contributed by atoms with van der Waals surface area (Å²) in [4.78, 5) is 39.1. The highest BCUT2D eigenvalue weighted by atomic mass is 16.2. The van der Waals surface area contributed by atoms with Crippen molar-refractivity contribution in [3.05, 3.63) is 29.8 Å². The number of hydrogen-bond donors (Lipinski definition) is 2. The van der Waals surface area contributed by atoms with E-state index in [1.807, 2.05) is 29.2 Å². The highest BCUT2D eigenvalue weighted by molar-refractivity contribution is 5.88. The van der Waals surface area contributed by atoms with E-state index in [2.05, 4.69) is 15.5 Å². The van der Waals surface area contributed by atoms with E-state index in [4.69, 9.17) is 0 Å². The molecule has 2 fully saturated rings. The monoisotopic (exact) mass is 386 g/mol. The highest BCUT2D eigenvalue weighted by Crippen LogP contribution is 2.39. The molecule has 1 unspecified atom stereocenters. The molecule has 0 saturated carbocycles. The molecule has 1 atom stereocenters. The van der Waals surface area contributed by atoms with Gasteiger partial charge in [-0.2, -0.15) is 0 Å². The van der Waals surface area contributed by atoms with E-state index in [0.717, 1.165) is 44.6 Å². The number of carbonyl (C=O) groups is 3. The van der Waals surface area contributed by atoms with Crippen LogP contribution < -0.4 is 10.6 Å². The Hall–Kier alpha value is -2.41. The molecular weight excluding hydrogens is 356 g/mol. The van der Waals surface area contributed by atoms with Gasteiger partial charge < -0.3 is 15.5 Å². The summed E-state index contributed by atoms with van der Waals surface area (Å²) in [5.41, 5.74) is 1.88. The van der Waals surface area contributed by atoms with E-state index in [1.54, 1.807) is 6.92 Å². The van der Waals surface area contributed by atoms with Crippen LogP contribution in [0.4, 0.5) is 5.69 Å². The van der Waals surface area contributed by atoms with E-state index in [0.29, 0.717) is 6.54 Å². The van der Waals surface area contributed by atoms with Crippen LogP contribution in [0.2, 0.25) is 0 Å². The zero-order valence-electron chi connectivity index (χ0n) is 17.0. The maximum absolute atomic E-state index is 12.2. The predicted octanol–water partition coefficient (Wildman–Crippen LogP) is 1.74. The van der Waals surface area contributed by atoms with Crippen LogP contribution in [0.1, 0.15) is 45.6 Å². The van der Waals surface area contributed by atoms with E-state index in [9.17, 15) is 14.4 Å². The van der Waals surface area contributed by atoms with Gasteiger partial charge in [-0.1, -0.05) is 12.1 Å². The van der Waals surface area contributed by atoms with E-state index >= 15 is 0 Å². The molecule has 3 amide bonds. The number of benzene rings is 1. The predicted molar refractivity (Wildman–Crippen MR) is 108 cm³/mol. The number of carbonyl (C=O) groups excluding carboxylic acids is 3. The van der Waals surface area contributed by atoms with Crippen LogP contribution in [0.5, 0.6) is 0 Å². The minimum Gasteiger partial charge on any atom is -0.352 e. The molecule has 2 heterocycles. The molecule has 7 nitrogen and oxygen atoms in total. The molecule has 0 bridgehead atoms. The Kier molecular flexibility index (Phi) is 6.03. The summed E-state index contributed by atoms with van der Waals surface area (Å²) < 4.78 is 0. The van der Waals surface area contributed by atoms with Gasteiger partial charge in [-0.25, -0.2) is 0 Å². The first-order chi connectivity index (χ1) is 13.3. The third-order valence-corrected chi connectivity index (χ3v) is 5.86. The number of anilines is 1. The molecule has 2 aliphatic rings. The van der Waals surface area contributed by atoms with Gasteiger partial charge >= 0.3 is 0 Å². The maximum atomic E-state index is 12.2. The molecule has 0 radical (unpaired) electrons. The van der Waals surface area contributed by atoms with Crippen molar-refractivity contribution in [2.24, 2.45) is 0 Å². The van der Waals surface area contributed by atoms with Gasteiger partial charge in [-0.3, -0.25) is 19.3 Å². The number of hydrogen-bond acceptors (Lipinski definition) is 4. The lowest BCUT2D eigenvalue weighted by atomic mass is 9.84. The smallest absolute Gasteiger partial charge is 0.221 e. The lowest BCUT2D eigenvalue weighted by Crippen LogP contribution is -2.53. The summed E-state index contributed by atoms with van der Waals surface area (Å²) in [7, 11) is 0. The molecule has 3 rings (SSSR count). The van der Waals surface area contributed by atoms with Crippen LogP contribution in [-0.2, 0) is 20.9 Å². The van der Waals surface area contributed by atoms with Crippen molar-refractivity contribution in [3.8, 4) is 0 Å². The van der Waals surface area contributed by atoms with Gasteiger partial charge in [-0.15, -0.1) is 0 Å². The molecule has 28 heavy (non-hydrogen) atoms. The highest BCUT2D eigenvalue weighted by Gasteiger charge is 2.48. The average Bonchev–Trinajstić information content (AvgIpc) is 2.96. The second-order valence-corrected chi connectivity index (χ2v) is 8.11. The summed E-state index contributed by atoms with van der Waals surface area (Å²) >= 11 is 0. The van der Waals surface area contributed by atoms with Crippen LogP contribution in [-0.4, -0.2) is 58.7 Å². The fourth-order valence-electron chi connectivity index (χ4n) is 4.65. The first-order valence-electron chi connectivity index (χ1n) is 9.92. The molecule has 2 aliphatic heterocycles. The number of nitrogens with zero attached hydrogens (tertiary/aromatic N) is 2. The van der Waals surface area contributed by atoms with Gasteiger partial charge in [0.05, 0.1) is 0 Å². The van der Waals surface area contributed by atoms with E-state index in [1.165, 1.54) is 19.4 Å². The molecule has 1 spiro atoms. The minimum absolute atomic E-state index is 0.0364. The van der Waals surface area contributed by atoms with Crippen molar-refractivity contribution < 1.29 is 14.4 Å². The summed E-state index contributed by atoms with van der Waals surface area (Å²) in [6.07, 6.45) is 2.69. The molecule has 1 aromatic rings. The topological polar surface area (TPSA) is 81.8 Å². The Balaban J connectivity index is 1.59. The van der Waals surface area contributed by atoms with Crippen molar-refractivity contribution in [1.82, 2.24) is 15.1 Å². The van der Waals surface area contributed by atoms with Gasteiger partial charge in [0.1, 0.15) is 0 Å². The Bertz CT molecular complexity index is 739. The maximum Gasteiger partial charge on any atom is 0.221 e. The van der Waals surface area contributed by atoms with Crippen LogP contribution in [0.15, 0.2) is 24.3 Å². The third-order valence-electron chi connectivity index (χ3n) is 5.86. The number of nitrogens with one attached hydrogen (secondary N) is 2. The van der Waals surface area contributed by atoms with Crippen LogP contribution in [0, 0.1) is 0 Å². The minimum atomic E-state index is -0.134.